The zero-order valence-corrected chi connectivity index (χ0v) is 10.8. The second kappa shape index (κ2) is 6.96. The molecule has 1 atom stereocenters. The van der Waals surface area contributed by atoms with Gasteiger partial charge in [-0.25, -0.2) is 4.39 Å². The summed E-state index contributed by atoms with van der Waals surface area (Å²) in [5.41, 5.74) is 3.25. The third-order valence-corrected chi connectivity index (χ3v) is 2.73. The molecule has 16 heavy (non-hydrogen) atoms. The van der Waals surface area contributed by atoms with Gasteiger partial charge in [0.05, 0.1) is 6.61 Å². The first kappa shape index (κ1) is 13.6. The molecule has 0 heterocycles. The van der Waals surface area contributed by atoms with Crippen LogP contribution in [0.5, 0.6) is 0 Å². The molecule has 5 heteroatoms. The molecule has 1 rings (SSSR count). The summed E-state index contributed by atoms with van der Waals surface area (Å²) >= 11 is 3.22. The predicted octanol–water partition coefficient (Wildman–Crippen LogP) is 2.00. The summed E-state index contributed by atoms with van der Waals surface area (Å²) in [7, 11) is 0. The molecule has 0 saturated carbocycles. The van der Waals surface area contributed by atoms with Crippen LogP contribution >= 0.6 is 15.9 Å². The summed E-state index contributed by atoms with van der Waals surface area (Å²) in [5.74, 6) is 5.15. The highest BCUT2D eigenvalue weighted by Crippen LogP contribution is 2.16. The van der Waals surface area contributed by atoms with E-state index in [1.165, 1.54) is 6.07 Å². The molecular formula is C11H16BrFN2O. The van der Waals surface area contributed by atoms with Crippen molar-refractivity contribution in [2.24, 2.45) is 5.84 Å². The molecule has 90 valence electrons. The Morgan fingerprint density at radius 1 is 1.56 bits per heavy atom. The zero-order chi connectivity index (χ0) is 12.0. The van der Waals surface area contributed by atoms with Crippen LogP contribution in [-0.4, -0.2) is 19.3 Å². The molecule has 0 aliphatic carbocycles. The third kappa shape index (κ3) is 4.17. The number of ether oxygens (including phenoxy) is 1. The van der Waals surface area contributed by atoms with Gasteiger partial charge in [-0.2, -0.15) is 0 Å². The van der Waals surface area contributed by atoms with Gasteiger partial charge in [0.25, 0.3) is 0 Å². The van der Waals surface area contributed by atoms with E-state index in [-0.39, 0.29) is 11.9 Å². The lowest BCUT2D eigenvalue weighted by Crippen LogP contribution is -2.40. The van der Waals surface area contributed by atoms with Gasteiger partial charge >= 0.3 is 0 Å². The lowest BCUT2D eigenvalue weighted by molar-refractivity contribution is 0.122. The molecule has 1 aromatic carbocycles. The van der Waals surface area contributed by atoms with Crippen molar-refractivity contribution in [2.75, 3.05) is 13.2 Å². The van der Waals surface area contributed by atoms with Crippen molar-refractivity contribution in [1.82, 2.24) is 5.43 Å². The summed E-state index contributed by atoms with van der Waals surface area (Å²) in [6, 6.07) is 4.93. The molecule has 0 spiro atoms. The summed E-state index contributed by atoms with van der Waals surface area (Å²) in [6.45, 7) is 3.01. The van der Waals surface area contributed by atoms with E-state index < -0.39 is 0 Å². The lowest BCUT2D eigenvalue weighted by Gasteiger charge is -2.16. The minimum Gasteiger partial charge on any atom is -0.380 e. The van der Waals surface area contributed by atoms with Gasteiger partial charge < -0.3 is 4.74 Å². The molecule has 3 nitrogen and oxygen atoms in total. The number of nitrogens with one attached hydrogen (secondary N) is 1. The maximum atomic E-state index is 13.5. The highest BCUT2D eigenvalue weighted by atomic mass is 79.9. The Hall–Kier alpha value is -0.490. The van der Waals surface area contributed by atoms with Gasteiger partial charge in [0.2, 0.25) is 0 Å². The fourth-order valence-electron chi connectivity index (χ4n) is 1.38. The van der Waals surface area contributed by atoms with Crippen molar-refractivity contribution in [3.8, 4) is 0 Å². The summed E-state index contributed by atoms with van der Waals surface area (Å²) < 4.78 is 19.5. The van der Waals surface area contributed by atoms with E-state index >= 15 is 0 Å². The van der Waals surface area contributed by atoms with Crippen molar-refractivity contribution in [3.05, 3.63) is 34.1 Å². The smallest absolute Gasteiger partial charge is 0.127 e. The molecule has 0 radical (unpaired) electrons. The monoisotopic (exact) mass is 290 g/mol. The van der Waals surface area contributed by atoms with E-state index in [1.807, 2.05) is 13.0 Å². The highest BCUT2D eigenvalue weighted by molar-refractivity contribution is 9.10. The number of hydrogen-bond acceptors (Lipinski definition) is 3. The van der Waals surface area contributed by atoms with Crippen LogP contribution in [-0.2, 0) is 11.2 Å². The average Bonchev–Trinajstić information content (AvgIpc) is 2.27. The Labute approximate surface area is 103 Å². The molecule has 0 bridgehead atoms. The predicted molar refractivity (Wildman–Crippen MR) is 65.4 cm³/mol. The van der Waals surface area contributed by atoms with Crippen LogP contribution in [0.1, 0.15) is 12.5 Å². The maximum Gasteiger partial charge on any atom is 0.127 e. The molecule has 1 aromatic rings. The van der Waals surface area contributed by atoms with Crippen LogP contribution in [0.25, 0.3) is 0 Å². The number of benzene rings is 1. The third-order valence-electron chi connectivity index (χ3n) is 2.24. The van der Waals surface area contributed by atoms with Crippen LogP contribution in [0.15, 0.2) is 22.7 Å². The van der Waals surface area contributed by atoms with Crippen molar-refractivity contribution in [3.63, 3.8) is 0 Å². The number of rotatable bonds is 6. The second-order valence-electron chi connectivity index (χ2n) is 3.46. The molecule has 0 aliphatic heterocycles. The fraction of sp³-hybridized carbons (Fsp3) is 0.455. The second-order valence-corrected chi connectivity index (χ2v) is 4.38. The number of hydrogen-bond donors (Lipinski definition) is 2. The molecular weight excluding hydrogens is 275 g/mol. The summed E-state index contributed by atoms with van der Waals surface area (Å²) in [6.07, 6.45) is 0.510. The first-order chi connectivity index (χ1) is 7.67. The Morgan fingerprint density at radius 3 is 2.88 bits per heavy atom. The van der Waals surface area contributed by atoms with Crippen LogP contribution < -0.4 is 11.3 Å². The van der Waals surface area contributed by atoms with E-state index in [9.17, 15) is 4.39 Å². The quantitative estimate of drug-likeness (QED) is 0.622. The van der Waals surface area contributed by atoms with Gasteiger partial charge in [-0.1, -0.05) is 22.0 Å². The van der Waals surface area contributed by atoms with Crippen molar-refractivity contribution in [1.29, 1.82) is 0 Å². The van der Waals surface area contributed by atoms with Crippen LogP contribution in [0, 0.1) is 5.82 Å². The van der Waals surface area contributed by atoms with E-state index in [4.69, 9.17) is 10.6 Å². The molecule has 0 saturated heterocycles. The Morgan fingerprint density at radius 2 is 2.31 bits per heavy atom. The zero-order valence-electron chi connectivity index (χ0n) is 9.17. The standard InChI is InChI=1S/C11H16BrFN2O/c1-2-16-7-10(15-14)5-8-3-4-9(12)6-11(8)13/h3-4,6,10,15H,2,5,7,14H2,1H3. The summed E-state index contributed by atoms with van der Waals surface area (Å²) in [5, 5.41) is 0. The SMILES string of the molecule is CCOCC(Cc1ccc(Br)cc1F)NN. The van der Waals surface area contributed by atoms with Crippen molar-refractivity contribution < 1.29 is 9.13 Å². The van der Waals surface area contributed by atoms with E-state index in [0.717, 1.165) is 4.47 Å². The summed E-state index contributed by atoms with van der Waals surface area (Å²) in [4.78, 5) is 0. The molecule has 3 N–H and O–H groups in total. The Balaban J connectivity index is 2.62. The average molecular weight is 291 g/mol. The van der Waals surface area contributed by atoms with Crippen molar-refractivity contribution in [2.45, 2.75) is 19.4 Å². The van der Waals surface area contributed by atoms with Gasteiger partial charge in [0.1, 0.15) is 5.82 Å². The normalized spacial score (nSPS) is 12.8. The van der Waals surface area contributed by atoms with Crippen molar-refractivity contribution >= 4 is 15.9 Å². The van der Waals surface area contributed by atoms with E-state index in [1.54, 1.807) is 6.07 Å². The number of nitrogens with two attached hydrogens (primary N) is 1. The largest absolute Gasteiger partial charge is 0.380 e. The van der Waals surface area contributed by atoms with Gasteiger partial charge in [-0.15, -0.1) is 0 Å². The van der Waals surface area contributed by atoms with Gasteiger partial charge in [0, 0.05) is 17.1 Å². The first-order valence-corrected chi connectivity index (χ1v) is 5.94. The molecule has 1 unspecified atom stereocenters. The van der Waals surface area contributed by atoms with Gasteiger partial charge in [0.15, 0.2) is 0 Å². The van der Waals surface area contributed by atoms with Gasteiger partial charge in [-0.3, -0.25) is 11.3 Å². The maximum absolute atomic E-state index is 13.5. The molecule has 0 aromatic heterocycles. The minimum absolute atomic E-state index is 0.0735. The van der Waals surface area contributed by atoms with Crippen LogP contribution in [0.3, 0.4) is 0 Å². The van der Waals surface area contributed by atoms with Crippen LogP contribution in [0.2, 0.25) is 0 Å². The molecule has 0 fully saturated rings. The van der Waals surface area contributed by atoms with Gasteiger partial charge in [-0.05, 0) is 31.0 Å². The van der Waals surface area contributed by atoms with E-state index in [2.05, 4.69) is 21.4 Å². The van der Waals surface area contributed by atoms with Crippen LogP contribution in [0.4, 0.5) is 4.39 Å². The Bertz CT molecular complexity index is 336. The lowest BCUT2D eigenvalue weighted by atomic mass is 10.1. The number of halogens is 2. The highest BCUT2D eigenvalue weighted by Gasteiger charge is 2.11. The van der Waals surface area contributed by atoms with E-state index in [0.29, 0.717) is 25.2 Å². The molecule has 0 amide bonds. The topological polar surface area (TPSA) is 47.3 Å². The minimum atomic E-state index is -0.230. The number of hydrazine groups is 1. The fourth-order valence-corrected chi connectivity index (χ4v) is 1.71. The Kier molecular flexibility index (Phi) is 5.90. The first-order valence-electron chi connectivity index (χ1n) is 5.15. The molecule has 0 aliphatic rings.